The van der Waals surface area contributed by atoms with Crippen LogP contribution < -0.4 is 15.4 Å². The number of nitro benzene ring substituents is 1. The molecule has 0 bridgehead atoms. The lowest BCUT2D eigenvalue weighted by molar-refractivity contribution is -0.384. The Hall–Kier alpha value is -3.42. The van der Waals surface area contributed by atoms with Gasteiger partial charge in [-0.2, -0.15) is 0 Å². The number of carbonyl (C=O) groups is 2. The molecule has 0 aliphatic heterocycles. The molecule has 2 aromatic rings. The zero-order valence-electron chi connectivity index (χ0n) is 13.8. The topological polar surface area (TPSA) is 116 Å². The first-order chi connectivity index (χ1) is 11.8. The van der Waals surface area contributed by atoms with Crippen LogP contribution in [0.25, 0.3) is 0 Å². The molecule has 0 aliphatic carbocycles. The number of hydrogen-bond acceptors (Lipinski definition) is 5. The van der Waals surface area contributed by atoms with E-state index in [4.69, 9.17) is 10.5 Å². The number of carbonyl (C=O) groups excluding carboxylic acids is 2. The molecule has 8 nitrogen and oxygen atoms in total. The van der Waals surface area contributed by atoms with E-state index in [0.29, 0.717) is 5.69 Å². The number of likely N-dealkylation sites (N-methyl/N-ethyl adjacent to an activating group) is 1. The highest BCUT2D eigenvalue weighted by atomic mass is 16.6. The number of ether oxygens (including phenoxy) is 1. The van der Waals surface area contributed by atoms with E-state index in [0.717, 1.165) is 5.56 Å². The van der Waals surface area contributed by atoms with E-state index < -0.39 is 10.8 Å². The van der Waals surface area contributed by atoms with Gasteiger partial charge in [0.1, 0.15) is 5.75 Å². The second-order valence-corrected chi connectivity index (χ2v) is 5.38. The maximum Gasteiger partial charge on any atom is 0.269 e. The molecule has 2 N–H and O–H groups in total. The summed E-state index contributed by atoms with van der Waals surface area (Å²) >= 11 is 0. The summed E-state index contributed by atoms with van der Waals surface area (Å²) in [5.41, 5.74) is 6.76. The predicted molar refractivity (Wildman–Crippen MR) is 91.7 cm³/mol. The highest BCUT2D eigenvalue weighted by Crippen LogP contribution is 2.21. The normalized spacial score (nSPS) is 10.2. The summed E-state index contributed by atoms with van der Waals surface area (Å²) in [4.78, 5) is 35.1. The highest BCUT2D eigenvalue weighted by molar-refractivity contribution is 5.96. The molecule has 2 rings (SSSR count). The van der Waals surface area contributed by atoms with Gasteiger partial charge >= 0.3 is 0 Å². The number of anilines is 1. The Morgan fingerprint density at radius 3 is 2.40 bits per heavy atom. The molecule has 0 heterocycles. The van der Waals surface area contributed by atoms with Crippen LogP contribution in [0.15, 0.2) is 42.5 Å². The van der Waals surface area contributed by atoms with Crippen molar-refractivity contribution in [2.24, 2.45) is 5.73 Å². The van der Waals surface area contributed by atoms with Gasteiger partial charge in [-0.05, 0) is 36.8 Å². The minimum absolute atomic E-state index is 0.0632. The van der Waals surface area contributed by atoms with Crippen molar-refractivity contribution in [1.29, 1.82) is 0 Å². The van der Waals surface area contributed by atoms with Gasteiger partial charge in [-0.15, -0.1) is 0 Å². The van der Waals surface area contributed by atoms with Crippen LogP contribution in [-0.2, 0) is 4.79 Å². The summed E-state index contributed by atoms with van der Waals surface area (Å²) in [5, 5.41) is 10.7. The van der Waals surface area contributed by atoms with Gasteiger partial charge in [-0.1, -0.05) is 6.07 Å². The third-order valence-corrected chi connectivity index (χ3v) is 3.58. The van der Waals surface area contributed by atoms with E-state index in [2.05, 4.69) is 0 Å². The zero-order valence-corrected chi connectivity index (χ0v) is 13.8. The van der Waals surface area contributed by atoms with E-state index >= 15 is 0 Å². The van der Waals surface area contributed by atoms with E-state index in [-0.39, 0.29) is 29.5 Å². The predicted octanol–water partition coefficient (Wildman–Crippen LogP) is 2.04. The number of non-ortho nitro benzene ring substituents is 1. The molecule has 0 fully saturated rings. The van der Waals surface area contributed by atoms with Crippen molar-refractivity contribution >= 4 is 23.2 Å². The van der Waals surface area contributed by atoms with Crippen LogP contribution in [0.3, 0.4) is 0 Å². The van der Waals surface area contributed by atoms with Crippen LogP contribution in [0, 0.1) is 17.0 Å². The van der Waals surface area contributed by atoms with Gasteiger partial charge in [0.2, 0.25) is 0 Å². The summed E-state index contributed by atoms with van der Waals surface area (Å²) in [5.74, 6) is -0.796. The molecule has 8 heteroatoms. The molecule has 2 amide bonds. The summed E-state index contributed by atoms with van der Waals surface area (Å²) in [6, 6.07) is 10.4. The van der Waals surface area contributed by atoms with Gasteiger partial charge in [0.25, 0.3) is 17.5 Å². The standard InChI is InChI=1S/C17H17N3O5/c1-11-3-8-14(17(18)22)15(9-11)25-10-16(21)19(2)12-4-6-13(7-5-12)20(23)24/h3-9H,10H2,1-2H3,(H2,18,22). The summed E-state index contributed by atoms with van der Waals surface area (Å²) < 4.78 is 5.45. The summed E-state index contributed by atoms with van der Waals surface area (Å²) in [6.45, 7) is 1.51. The molecule has 25 heavy (non-hydrogen) atoms. The van der Waals surface area contributed by atoms with Gasteiger partial charge < -0.3 is 15.4 Å². The first-order valence-electron chi connectivity index (χ1n) is 7.34. The number of hydrogen-bond donors (Lipinski definition) is 1. The highest BCUT2D eigenvalue weighted by Gasteiger charge is 2.16. The molecule has 2 aromatic carbocycles. The molecule has 0 radical (unpaired) electrons. The monoisotopic (exact) mass is 343 g/mol. The quantitative estimate of drug-likeness (QED) is 0.636. The fourth-order valence-electron chi connectivity index (χ4n) is 2.13. The van der Waals surface area contributed by atoms with E-state index in [9.17, 15) is 19.7 Å². The van der Waals surface area contributed by atoms with E-state index in [1.807, 2.05) is 6.92 Å². The number of nitrogens with zero attached hydrogens (tertiary/aromatic N) is 2. The number of benzene rings is 2. The Labute approximate surface area is 144 Å². The lowest BCUT2D eigenvalue weighted by Gasteiger charge is -2.18. The van der Waals surface area contributed by atoms with Crippen LogP contribution in [0.1, 0.15) is 15.9 Å². The van der Waals surface area contributed by atoms with Crippen LogP contribution in [0.4, 0.5) is 11.4 Å². The molecular formula is C17H17N3O5. The fraction of sp³-hybridized carbons (Fsp3) is 0.176. The summed E-state index contributed by atoms with van der Waals surface area (Å²) in [6.07, 6.45) is 0. The number of primary amides is 1. The summed E-state index contributed by atoms with van der Waals surface area (Å²) in [7, 11) is 1.53. The van der Waals surface area contributed by atoms with Crippen molar-refractivity contribution in [2.75, 3.05) is 18.6 Å². The molecule has 0 atom stereocenters. The molecular weight excluding hydrogens is 326 g/mol. The molecule has 0 saturated heterocycles. The molecule has 0 spiro atoms. The van der Waals surface area contributed by atoms with E-state index in [1.165, 1.54) is 42.3 Å². The first kappa shape index (κ1) is 17.9. The van der Waals surface area contributed by atoms with Gasteiger partial charge in [0.15, 0.2) is 6.61 Å². The Morgan fingerprint density at radius 2 is 1.84 bits per heavy atom. The number of aryl methyl sites for hydroxylation is 1. The largest absolute Gasteiger partial charge is 0.483 e. The Bertz CT molecular complexity index is 818. The maximum absolute atomic E-state index is 12.3. The van der Waals surface area contributed by atoms with Crippen molar-refractivity contribution in [3.63, 3.8) is 0 Å². The lowest BCUT2D eigenvalue weighted by Crippen LogP contribution is -2.31. The van der Waals surface area contributed by atoms with Crippen LogP contribution in [0.2, 0.25) is 0 Å². The van der Waals surface area contributed by atoms with Gasteiger partial charge in [0.05, 0.1) is 10.5 Å². The minimum Gasteiger partial charge on any atom is -0.483 e. The van der Waals surface area contributed by atoms with Gasteiger partial charge in [-0.3, -0.25) is 19.7 Å². The molecule has 0 aromatic heterocycles. The second kappa shape index (κ2) is 7.43. The maximum atomic E-state index is 12.3. The van der Waals surface area contributed by atoms with Crippen molar-refractivity contribution < 1.29 is 19.2 Å². The smallest absolute Gasteiger partial charge is 0.269 e. The lowest BCUT2D eigenvalue weighted by atomic mass is 10.1. The van der Waals surface area contributed by atoms with Crippen LogP contribution in [0.5, 0.6) is 5.75 Å². The number of amides is 2. The second-order valence-electron chi connectivity index (χ2n) is 5.38. The van der Waals surface area contributed by atoms with Crippen molar-refractivity contribution in [1.82, 2.24) is 0 Å². The van der Waals surface area contributed by atoms with Crippen molar-refractivity contribution in [3.05, 3.63) is 63.7 Å². The molecule has 130 valence electrons. The Balaban J connectivity index is 2.08. The van der Waals surface area contributed by atoms with Crippen LogP contribution in [-0.4, -0.2) is 30.4 Å². The zero-order chi connectivity index (χ0) is 18.6. The average molecular weight is 343 g/mol. The van der Waals surface area contributed by atoms with Crippen LogP contribution >= 0.6 is 0 Å². The van der Waals surface area contributed by atoms with Gasteiger partial charge in [-0.25, -0.2) is 0 Å². The van der Waals surface area contributed by atoms with Gasteiger partial charge in [0, 0.05) is 24.9 Å². The van der Waals surface area contributed by atoms with E-state index in [1.54, 1.807) is 12.1 Å². The first-order valence-corrected chi connectivity index (χ1v) is 7.34. The number of nitro groups is 1. The molecule has 0 aliphatic rings. The molecule has 0 saturated carbocycles. The third kappa shape index (κ3) is 4.31. The van der Waals surface area contributed by atoms with Crippen molar-refractivity contribution in [2.45, 2.75) is 6.92 Å². The minimum atomic E-state index is -0.647. The fourth-order valence-corrected chi connectivity index (χ4v) is 2.13. The number of rotatable bonds is 6. The Morgan fingerprint density at radius 1 is 1.20 bits per heavy atom. The Kier molecular flexibility index (Phi) is 5.33. The SMILES string of the molecule is Cc1ccc(C(N)=O)c(OCC(=O)N(C)c2ccc([N+](=O)[O-])cc2)c1. The average Bonchev–Trinajstić information content (AvgIpc) is 2.58. The number of nitrogens with two attached hydrogens (primary N) is 1. The third-order valence-electron chi connectivity index (χ3n) is 3.58. The molecule has 0 unspecified atom stereocenters. The van der Waals surface area contributed by atoms with Crippen molar-refractivity contribution in [3.8, 4) is 5.75 Å².